The van der Waals surface area contributed by atoms with Gasteiger partial charge in [0.25, 0.3) is 0 Å². The molecule has 134 valence electrons. The molecule has 0 aliphatic carbocycles. The summed E-state index contributed by atoms with van der Waals surface area (Å²) in [5.41, 5.74) is 0.476. The topological polar surface area (TPSA) is 80.5 Å². The van der Waals surface area contributed by atoms with Gasteiger partial charge in [-0.15, -0.1) is 5.10 Å². The summed E-state index contributed by atoms with van der Waals surface area (Å²) >= 11 is 0. The minimum Gasteiger partial charge on any atom is -0.493 e. The maximum Gasteiger partial charge on any atom is 0.244 e. The van der Waals surface area contributed by atoms with Gasteiger partial charge < -0.3 is 14.7 Å². The first-order valence-electron chi connectivity index (χ1n) is 8.65. The molecule has 1 aromatic heterocycles. The Kier molecular flexibility index (Phi) is 5.65. The normalized spacial score (nSPS) is 16.6. The van der Waals surface area contributed by atoms with Crippen molar-refractivity contribution in [1.29, 1.82) is 0 Å². The van der Waals surface area contributed by atoms with Crippen LogP contribution in [0.4, 0.5) is 0 Å². The number of ether oxygens (including phenoxy) is 1. The quantitative estimate of drug-likeness (QED) is 0.862. The van der Waals surface area contributed by atoms with Gasteiger partial charge in [0.2, 0.25) is 5.91 Å². The molecule has 1 atom stereocenters. The fourth-order valence-corrected chi connectivity index (χ4v) is 2.90. The lowest BCUT2D eigenvalue weighted by Crippen LogP contribution is -2.41. The minimum absolute atomic E-state index is 0.0319. The van der Waals surface area contributed by atoms with Gasteiger partial charge in [0, 0.05) is 13.1 Å². The summed E-state index contributed by atoms with van der Waals surface area (Å²) in [6, 6.07) is 9.81. The SMILES string of the molecule is CC(O)c1cn(CC(=O)N2CCC(COc3ccccc3)CC2)nn1. The third kappa shape index (κ3) is 4.79. The minimum atomic E-state index is -0.677. The van der Waals surface area contributed by atoms with Crippen molar-refractivity contribution in [3.05, 3.63) is 42.2 Å². The Bertz CT molecular complexity index is 679. The van der Waals surface area contributed by atoms with Gasteiger partial charge in [-0.3, -0.25) is 4.79 Å². The van der Waals surface area contributed by atoms with Crippen LogP contribution in [-0.2, 0) is 11.3 Å². The molecule has 7 nitrogen and oxygen atoms in total. The second kappa shape index (κ2) is 8.11. The van der Waals surface area contributed by atoms with E-state index in [0.29, 0.717) is 18.2 Å². The Morgan fingerprint density at radius 2 is 2.04 bits per heavy atom. The molecule has 3 rings (SSSR count). The molecule has 1 N–H and O–H groups in total. The second-order valence-corrected chi connectivity index (χ2v) is 6.47. The molecule has 25 heavy (non-hydrogen) atoms. The van der Waals surface area contributed by atoms with Gasteiger partial charge in [-0.05, 0) is 37.8 Å². The molecule has 0 radical (unpaired) electrons. The third-order valence-electron chi connectivity index (χ3n) is 4.48. The number of rotatable bonds is 6. The zero-order valence-electron chi connectivity index (χ0n) is 14.4. The highest BCUT2D eigenvalue weighted by Crippen LogP contribution is 2.19. The fraction of sp³-hybridized carbons (Fsp3) is 0.500. The molecule has 0 bridgehead atoms. The van der Waals surface area contributed by atoms with E-state index >= 15 is 0 Å². The average Bonchev–Trinajstić information content (AvgIpc) is 3.10. The van der Waals surface area contributed by atoms with E-state index in [0.717, 1.165) is 31.7 Å². The number of aromatic nitrogens is 3. The maximum absolute atomic E-state index is 12.4. The summed E-state index contributed by atoms with van der Waals surface area (Å²) in [6.45, 7) is 3.94. The van der Waals surface area contributed by atoms with E-state index < -0.39 is 6.10 Å². The van der Waals surface area contributed by atoms with Gasteiger partial charge in [-0.25, -0.2) is 4.68 Å². The lowest BCUT2D eigenvalue weighted by Gasteiger charge is -2.31. The number of nitrogens with zero attached hydrogens (tertiary/aromatic N) is 4. The number of para-hydroxylation sites is 1. The summed E-state index contributed by atoms with van der Waals surface area (Å²) in [5.74, 6) is 1.39. The highest BCUT2D eigenvalue weighted by atomic mass is 16.5. The lowest BCUT2D eigenvalue weighted by atomic mass is 9.98. The van der Waals surface area contributed by atoms with E-state index in [9.17, 15) is 9.90 Å². The number of likely N-dealkylation sites (tertiary alicyclic amines) is 1. The van der Waals surface area contributed by atoms with E-state index in [1.54, 1.807) is 13.1 Å². The molecular weight excluding hydrogens is 320 g/mol. The summed E-state index contributed by atoms with van der Waals surface area (Å²) < 4.78 is 7.29. The van der Waals surface area contributed by atoms with Crippen molar-refractivity contribution >= 4 is 5.91 Å². The smallest absolute Gasteiger partial charge is 0.244 e. The van der Waals surface area contributed by atoms with Crippen molar-refractivity contribution in [2.75, 3.05) is 19.7 Å². The van der Waals surface area contributed by atoms with E-state index in [1.165, 1.54) is 4.68 Å². The predicted octanol–water partition coefficient (Wildman–Crippen LogP) is 1.65. The monoisotopic (exact) mass is 344 g/mol. The molecule has 7 heteroatoms. The van der Waals surface area contributed by atoms with Crippen LogP contribution in [0, 0.1) is 5.92 Å². The summed E-state index contributed by atoms with van der Waals surface area (Å²) in [7, 11) is 0. The number of aliphatic hydroxyl groups excluding tert-OH is 1. The summed E-state index contributed by atoms with van der Waals surface area (Å²) in [6.07, 6.45) is 2.82. The molecule has 1 aliphatic heterocycles. The fourth-order valence-electron chi connectivity index (χ4n) is 2.90. The summed E-state index contributed by atoms with van der Waals surface area (Å²) in [5, 5.41) is 17.2. The van der Waals surface area contributed by atoms with Crippen molar-refractivity contribution in [1.82, 2.24) is 19.9 Å². The van der Waals surface area contributed by atoms with Crippen LogP contribution in [0.25, 0.3) is 0 Å². The second-order valence-electron chi connectivity index (χ2n) is 6.47. The Labute approximate surface area is 147 Å². The first kappa shape index (κ1) is 17.4. The Morgan fingerprint density at radius 3 is 2.68 bits per heavy atom. The van der Waals surface area contributed by atoms with Crippen LogP contribution in [-0.4, -0.2) is 50.6 Å². The van der Waals surface area contributed by atoms with E-state index in [4.69, 9.17) is 4.74 Å². The molecule has 0 saturated carbocycles. The first-order valence-corrected chi connectivity index (χ1v) is 8.65. The van der Waals surface area contributed by atoms with Gasteiger partial charge in [-0.1, -0.05) is 23.4 Å². The molecule has 2 heterocycles. The van der Waals surface area contributed by atoms with Crippen LogP contribution in [0.3, 0.4) is 0 Å². The van der Waals surface area contributed by atoms with Crippen molar-refractivity contribution in [3.8, 4) is 5.75 Å². The van der Waals surface area contributed by atoms with Crippen LogP contribution >= 0.6 is 0 Å². The lowest BCUT2D eigenvalue weighted by molar-refractivity contribution is -0.133. The molecule has 1 aromatic carbocycles. The Hall–Kier alpha value is -2.41. The molecule has 1 amide bonds. The Morgan fingerprint density at radius 1 is 1.32 bits per heavy atom. The van der Waals surface area contributed by atoms with Crippen LogP contribution < -0.4 is 4.74 Å². The zero-order chi connectivity index (χ0) is 17.6. The highest BCUT2D eigenvalue weighted by Gasteiger charge is 2.23. The van der Waals surface area contributed by atoms with Crippen LogP contribution in [0.5, 0.6) is 5.75 Å². The molecule has 1 fully saturated rings. The van der Waals surface area contributed by atoms with Crippen LogP contribution in [0.2, 0.25) is 0 Å². The predicted molar refractivity (Wildman–Crippen MR) is 91.9 cm³/mol. The molecule has 1 unspecified atom stereocenters. The average molecular weight is 344 g/mol. The van der Waals surface area contributed by atoms with Crippen molar-refractivity contribution in [2.24, 2.45) is 5.92 Å². The molecule has 2 aromatic rings. The highest BCUT2D eigenvalue weighted by molar-refractivity contribution is 5.75. The van der Waals surface area contributed by atoms with E-state index in [-0.39, 0.29) is 12.5 Å². The standard InChI is InChI=1S/C18H24N4O3/c1-14(23)17-11-22(20-19-17)12-18(24)21-9-7-15(8-10-21)13-25-16-5-3-2-4-6-16/h2-6,11,14-15,23H,7-10,12-13H2,1H3. The van der Waals surface area contributed by atoms with E-state index in [1.807, 2.05) is 35.2 Å². The van der Waals surface area contributed by atoms with Crippen molar-refractivity contribution < 1.29 is 14.6 Å². The first-order chi connectivity index (χ1) is 12.1. The van der Waals surface area contributed by atoms with Crippen molar-refractivity contribution in [2.45, 2.75) is 32.4 Å². The molecule has 0 spiro atoms. The molecule has 1 saturated heterocycles. The van der Waals surface area contributed by atoms with Gasteiger partial charge >= 0.3 is 0 Å². The van der Waals surface area contributed by atoms with Crippen molar-refractivity contribution in [3.63, 3.8) is 0 Å². The number of carbonyl (C=O) groups is 1. The number of aliphatic hydroxyl groups is 1. The number of benzene rings is 1. The number of piperidine rings is 1. The summed E-state index contributed by atoms with van der Waals surface area (Å²) in [4.78, 5) is 14.2. The zero-order valence-corrected chi connectivity index (χ0v) is 14.4. The van der Waals surface area contributed by atoms with Gasteiger partial charge in [0.1, 0.15) is 18.0 Å². The van der Waals surface area contributed by atoms with E-state index in [2.05, 4.69) is 10.3 Å². The third-order valence-corrected chi connectivity index (χ3v) is 4.48. The van der Waals surface area contributed by atoms with Crippen LogP contribution in [0.1, 0.15) is 31.6 Å². The molecular formula is C18H24N4O3. The van der Waals surface area contributed by atoms with Gasteiger partial charge in [0.15, 0.2) is 0 Å². The largest absolute Gasteiger partial charge is 0.493 e. The van der Waals surface area contributed by atoms with Crippen LogP contribution in [0.15, 0.2) is 36.5 Å². The maximum atomic E-state index is 12.4. The van der Waals surface area contributed by atoms with Gasteiger partial charge in [0.05, 0.1) is 18.9 Å². The number of amides is 1. The van der Waals surface area contributed by atoms with Gasteiger partial charge in [-0.2, -0.15) is 0 Å². The Balaban J connectivity index is 1.42. The number of carbonyl (C=O) groups excluding carboxylic acids is 1. The number of hydrogen-bond acceptors (Lipinski definition) is 5. The number of hydrogen-bond donors (Lipinski definition) is 1. The molecule has 1 aliphatic rings.